The Morgan fingerprint density at radius 3 is 2.35 bits per heavy atom. The number of amides is 1. The lowest BCUT2D eigenvalue weighted by Crippen LogP contribution is -2.46. The normalized spacial score (nSPS) is 12.9. The average molecular weight is 462 g/mol. The van der Waals surface area contributed by atoms with Crippen LogP contribution in [0.3, 0.4) is 0 Å². The number of carbonyl (C=O) groups is 1. The van der Waals surface area contributed by atoms with Crippen molar-refractivity contribution in [3.8, 4) is 0 Å². The molecule has 0 aliphatic heterocycles. The Balaban J connectivity index is 2.06. The maximum Gasteiger partial charge on any atom is 0.238 e. The van der Waals surface area contributed by atoms with Gasteiger partial charge in [-0.1, -0.05) is 54.6 Å². The summed E-state index contributed by atoms with van der Waals surface area (Å²) >= 11 is 1.57. The number of nitrogens with zero attached hydrogens (tertiary/aromatic N) is 1. The van der Waals surface area contributed by atoms with Gasteiger partial charge in [0.1, 0.15) is 6.04 Å². The molecule has 0 unspecified atom stereocenters. The fourth-order valence-corrected chi connectivity index (χ4v) is 4.49. The molecule has 2 rings (SSSR count). The molecular formula is C23H31N3O3S2. The van der Waals surface area contributed by atoms with Crippen LogP contribution in [0, 0.1) is 0 Å². The maximum atomic E-state index is 12.8. The maximum absolute atomic E-state index is 12.8. The summed E-state index contributed by atoms with van der Waals surface area (Å²) < 4.78 is 27.6. The standard InChI is InChI=1S/C23H31N3O3S2/c1-26(2)18-21-12-8-7-11-20(21)17-24-23(27)22(13-15-30-3)25-31(28,29)16-14-19-9-5-4-6-10-19/h4-12,14,16,22,25H,13,15,17-18H2,1-3H3,(H,24,27)/b16-14-/t22-/m0/s1. The van der Waals surface area contributed by atoms with E-state index in [0.717, 1.165) is 28.6 Å². The van der Waals surface area contributed by atoms with Crippen molar-refractivity contribution in [3.63, 3.8) is 0 Å². The van der Waals surface area contributed by atoms with Crippen LogP contribution in [-0.4, -0.2) is 51.4 Å². The third-order valence-electron chi connectivity index (χ3n) is 4.53. The highest BCUT2D eigenvalue weighted by Crippen LogP contribution is 2.11. The van der Waals surface area contributed by atoms with Crippen LogP contribution < -0.4 is 10.0 Å². The lowest BCUT2D eigenvalue weighted by atomic mass is 10.1. The molecule has 0 heterocycles. The Hall–Kier alpha value is -2.13. The Morgan fingerprint density at radius 2 is 1.71 bits per heavy atom. The highest BCUT2D eigenvalue weighted by molar-refractivity contribution is 7.98. The summed E-state index contributed by atoms with van der Waals surface area (Å²) in [5.41, 5.74) is 2.91. The van der Waals surface area contributed by atoms with Crippen molar-refractivity contribution < 1.29 is 13.2 Å². The molecule has 0 fully saturated rings. The van der Waals surface area contributed by atoms with Gasteiger partial charge in [0.25, 0.3) is 0 Å². The molecule has 6 nitrogen and oxygen atoms in total. The number of thioether (sulfide) groups is 1. The second kappa shape index (κ2) is 12.7. The first kappa shape index (κ1) is 25.1. The van der Waals surface area contributed by atoms with Gasteiger partial charge in [-0.3, -0.25) is 4.79 Å². The van der Waals surface area contributed by atoms with Crippen LogP contribution in [0.4, 0.5) is 0 Å². The smallest absolute Gasteiger partial charge is 0.238 e. The summed E-state index contributed by atoms with van der Waals surface area (Å²) in [5, 5.41) is 4.01. The quantitative estimate of drug-likeness (QED) is 0.508. The summed E-state index contributed by atoms with van der Waals surface area (Å²) in [4.78, 5) is 14.9. The number of hydrogen-bond acceptors (Lipinski definition) is 5. The molecule has 0 spiro atoms. The van der Waals surface area contributed by atoms with Gasteiger partial charge in [-0.25, -0.2) is 8.42 Å². The second-order valence-corrected chi connectivity index (χ2v) is 10.0. The second-order valence-electron chi connectivity index (χ2n) is 7.43. The Labute approximate surface area is 190 Å². The molecular weight excluding hydrogens is 430 g/mol. The van der Waals surface area contributed by atoms with Crippen molar-refractivity contribution in [2.24, 2.45) is 0 Å². The minimum Gasteiger partial charge on any atom is -0.351 e. The average Bonchev–Trinajstić information content (AvgIpc) is 2.75. The van der Waals surface area contributed by atoms with Crippen LogP contribution in [0.2, 0.25) is 0 Å². The molecule has 0 aliphatic rings. The molecule has 2 aromatic carbocycles. The van der Waals surface area contributed by atoms with Gasteiger partial charge in [0.05, 0.1) is 0 Å². The SMILES string of the molecule is CSCC[C@H](NS(=O)(=O)/C=C\c1ccccc1)C(=O)NCc1ccccc1CN(C)C. The van der Waals surface area contributed by atoms with Gasteiger partial charge in [0.2, 0.25) is 15.9 Å². The third-order valence-corrected chi connectivity index (χ3v) is 6.28. The highest BCUT2D eigenvalue weighted by Gasteiger charge is 2.23. The molecule has 2 N–H and O–H groups in total. The third kappa shape index (κ3) is 9.26. The molecule has 0 saturated carbocycles. The van der Waals surface area contributed by atoms with Crippen molar-refractivity contribution in [2.45, 2.75) is 25.6 Å². The van der Waals surface area contributed by atoms with Gasteiger partial charge in [-0.2, -0.15) is 16.5 Å². The minimum atomic E-state index is -3.77. The molecule has 0 radical (unpaired) electrons. The molecule has 0 aromatic heterocycles. The van der Waals surface area contributed by atoms with Gasteiger partial charge in [0, 0.05) is 18.5 Å². The van der Waals surface area contributed by atoms with Gasteiger partial charge >= 0.3 is 0 Å². The van der Waals surface area contributed by atoms with Crippen molar-refractivity contribution in [3.05, 3.63) is 76.7 Å². The van der Waals surface area contributed by atoms with Crippen LogP contribution in [0.5, 0.6) is 0 Å². The largest absolute Gasteiger partial charge is 0.351 e. The van der Waals surface area contributed by atoms with Crippen molar-refractivity contribution >= 4 is 33.8 Å². The molecule has 0 saturated heterocycles. The Morgan fingerprint density at radius 1 is 1.06 bits per heavy atom. The van der Waals surface area contributed by atoms with Crippen LogP contribution in [-0.2, 0) is 27.9 Å². The summed E-state index contributed by atoms with van der Waals surface area (Å²) in [6.07, 6.45) is 3.85. The zero-order valence-electron chi connectivity index (χ0n) is 18.2. The van der Waals surface area contributed by atoms with Crippen molar-refractivity contribution in [1.82, 2.24) is 14.9 Å². The van der Waals surface area contributed by atoms with Gasteiger partial charge < -0.3 is 10.2 Å². The predicted octanol–water partition coefficient (Wildman–Crippen LogP) is 3.08. The lowest BCUT2D eigenvalue weighted by molar-refractivity contribution is -0.122. The monoisotopic (exact) mass is 461 g/mol. The van der Waals surface area contributed by atoms with E-state index in [0.29, 0.717) is 18.7 Å². The van der Waals surface area contributed by atoms with E-state index >= 15 is 0 Å². The Bertz CT molecular complexity index is 961. The zero-order valence-corrected chi connectivity index (χ0v) is 19.9. The lowest BCUT2D eigenvalue weighted by Gasteiger charge is -2.19. The predicted molar refractivity (Wildman–Crippen MR) is 130 cm³/mol. The first-order chi connectivity index (χ1) is 14.8. The van der Waals surface area contributed by atoms with Crippen molar-refractivity contribution in [1.29, 1.82) is 0 Å². The van der Waals surface area contributed by atoms with E-state index in [2.05, 4.69) is 14.9 Å². The van der Waals surface area contributed by atoms with Gasteiger partial charge in [0.15, 0.2) is 0 Å². The first-order valence-electron chi connectivity index (χ1n) is 10.0. The topological polar surface area (TPSA) is 78.5 Å². The van der Waals surface area contributed by atoms with E-state index in [1.807, 2.05) is 74.9 Å². The van der Waals surface area contributed by atoms with E-state index < -0.39 is 16.1 Å². The summed E-state index contributed by atoms with van der Waals surface area (Å²) in [6, 6.07) is 16.2. The molecule has 0 aliphatic carbocycles. The van der Waals surface area contributed by atoms with E-state index in [1.165, 1.54) is 6.08 Å². The molecule has 1 atom stereocenters. The van der Waals surface area contributed by atoms with Crippen LogP contribution >= 0.6 is 11.8 Å². The highest BCUT2D eigenvalue weighted by atomic mass is 32.2. The molecule has 2 aromatic rings. The number of rotatable bonds is 12. The number of sulfonamides is 1. The van der Waals surface area contributed by atoms with E-state index in [4.69, 9.17) is 0 Å². The minimum absolute atomic E-state index is 0.328. The molecule has 168 valence electrons. The van der Waals surface area contributed by atoms with Crippen LogP contribution in [0.25, 0.3) is 6.08 Å². The zero-order chi connectivity index (χ0) is 22.7. The molecule has 8 heteroatoms. The van der Waals surface area contributed by atoms with Crippen molar-refractivity contribution in [2.75, 3.05) is 26.1 Å². The van der Waals surface area contributed by atoms with E-state index in [9.17, 15) is 13.2 Å². The molecule has 0 bridgehead atoms. The summed E-state index contributed by atoms with van der Waals surface area (Å²) in [6.45, 7) is 1.11. The first-order valence-corrected chi connectivity index (χ1v) is 13.0. The molecule has 31 heavy (non-hydrogen) atoms. The fraction of sp³-hybridized carbons (Fsp3) is 0.348. The fourth-order valence-electron chi connectivity index (χ4n) is 2.98. The van der Waals surface area contributed by atoms with E-state index in [-0.39, 0.29) is 5.91 Å². The number of carbonyl (C=O) groups excluding carboxylic acids is 1. The number of nitrogens with one attached hydrogen (secondary N) is 2. The Kier molecular flexibility index (Phi) is 10.3. The van der Waals surface area contributed by atoms with Gasteiger partial charge in [-0.15, -0.1) is 0 Å². The van der Waals surface area contributed by atoms with E-state index in [1.54, 1.807) is 11.8 Å². The summed E-state index contributed by atoms with van der Waals surface area (Å²) in [5.74, 6) is 0.339. The number of benzene rings is 2. The van der Waals surface area contributed by atoms with Crippen LogP contribution in [0.15, 0.2) is 60.0 Å². The van der Waals surface area contributed by atoms with Crippen LogP contribution in [0.1, 0.15) is 23.1 Å². The molecule has 1 amide bonds. The summed E-state index contributed by atoms with van der Waals surface area (Å²) in [7, 11) is 0.214. The van der Waals surface area contributed by atoms with Gasteiger partial charge in [-0.05, 0) is 55.3 Å². The number of hydrogen-bond donors (Lipinski definition) is 2.